The van der Waals surface area contributed by atoms with Gasteiger partial charge in [-0.15, -0.1) is 0 Å². The number of carbonyl (C=O) groups is 1. The molecule has 0 atom stereocenters. The van der Waals surface area contributed by atoms with Crippen molar-refractivity contribution in [3.8, 4) is 5.75 Å². The van der Waals surface area contributed by atoms with Crippen LogP contribution in [0.1, 0.15) is 10.4 Å². The normalized spacial score (nSPS) is 9.89. The van der Waals surface area contributed by atoms with Gasteiger partial charge in [0, 0.05) is 17.8 Å². The lowest BCUT2D eigenvalue weighted by Crippen LogP contribution is -2.12. The summed E-state index contributed by atoms with van der Waals surface area (Å²) in [5, 5.41) is 22.6. The molecule has 0 spiro atoms. The molecule has 0 radical (unpaired) electrons. The second kappa shape index (κ2) is 5.18. The molecule has 0 saturated heterocycles. The summed E-state index contributed by atoms with van der Waals surface area (Å²) in [4.78, 5) is 21.9. The van der Waals surface area contributed by atoms with E-state index in [2.05, 4.69) is 5.32 Å². The molecule has 96 valence electrons. The van der Waals surface area contributed by atoms with Crippen LogP contribution >= 0.6 is 0 Å². The topological polar surface area (TPSA) is 92.5 Å². The van der Waals surface area contributed by atoms with Gasteiger partial charge in [-0.2, -0.15) is 0 Å². The minimum Gasteiger partial charge on any atom is -0.507 e. The van der Waals surface area contributed by atoms with Crippen molar-refractivity contribution in [2.45, 2.75) is 0 Å². The smallest absolute Gasteiger partial charge is 0.271 e. The number of hydrogen-bond acceptors (Lipinski definition) is 4. The Balaban J connectivity index is 2.22. The first-order chi connectivity index (χ1) is 9.08. The molecule has 0 aliphatic carbocycles. The first-order valence-corrected chi connectivity index (χ1v) is 5.42. The molecule has 0 bridgehead atoms. The molecule has 0 heterocycles. The maximum atomic E-state index is 11.9. The number of amides is 1. The Morgan fingerprint density at radius 2 is 1.89 bits per heavy atom. The van der Waals surface area contributed by atoms with Crippen LogP contribution in [0, 0.1) is 10.1 Å². The van der Waals surface area contributed by atoms with Crippen LogP contribution in [0.5, 0.6) is 5.75 Å². The van der Waals surface area contributed by atoms with Crippen molar-refractivity contribution in [3.63, 3.8) is 0 Å². The second-order valence-electron chi connectivity index (χ2n) is 3.78. The van der Waals surface area contributed by atoms with Crippen LogP contribution in [0.2, 0.25) is 0 Å². The summed E-state index contributed by atoms with van der Waals surface area (Å²) >= 11 is 0. The van der Waals surface area contributed by atoms with Crippen molar-refractivity contribution in [3.05, 3.63) is 64.2 Å². The van der Waals surface area contributed by atoms with Crippen LogP contribution in [0.3, 0.4) is 0 Å². The maximum absolute atomic E-state index is 11.9. The van der Waals surface area contributed by atoms with Crippen LogP contribution in [-0.4, -0.2) is 15.9 Å². The highest BCUT2D eigenvalue weighted by molar-refractivity contribution is 6.06. The molecule has 2 aromatic rings. The highest BCUT2D eigenvalue weighted by Gasteiger charge is 2.12. The van der Waals surface area contributed by atoms with E-state index in [4.69, 9.17) is 0 Å². The number of phenols is 1. The van der Waals surface area contributed by atoms with Crippen LogP contribution in [0.15, 0.2) is 48.5 Å². The highest BCUT2D eigenvalue weighted by atomic mass is 16.6. The Morgan fingerprint density at radius 3 is 2.58 bits per heavy atom. The van der Waals surface area contributed by atoms with Gasteiger partial charge in [-0.25, -0.2) is 0 Å². The number of anilines is 1. The molecule has 0 aliphatic heterocycles. The number of nitro groups is 1. The van der Waals surface area contributed by atoms with E-state index in [-0.39, 0.29) is 17.0 Å². The van der Waals surface area contributed by atoms with E-state index in [0.717, 1.165) is 0 Å². The van der Waals surface area contributed by atoms with E-state index in [9.17, 15) is 20.0 Å². The molecule has 6 heteroatoms. The molecule has 0 fully saturated rings. The fourth-order valence-electron chi connectivity index (χ4n) is 1.56. The summed E-state index contributed by atoms with van der Waals surface area (Å²) in [6, 6.07) is 11.6. The van der Waals surface area contributed by atoms with Gasteiger partial charge < -0.3 is 10.4 Å². The second-order valence-corrected chi connectivity index (χ2v) is 3.78. The minimum absolute atomic E-state index is 0.106. The van der Waals surface area contributed by atoms with Gasteiger partial charge in [0.05, 0.1) is 10.5 Å². The van der Waals surface area contributed by atoms with E-state index < -0.39 is 10.8 Å². The Hall–Kier alpha value is -2.89. The van der Waals surface area contributed by atoms with Gasteiger partial charge in [0.15, 0.2) is 0 Å². The summed E-state index contributed by atoms with van der Waals surface area (Å²) in [5.41, 5.74) is 0.284. The Labute approximate surface area is 108 Å². The van der Waals surface area contributed by atoms with Crippen molar-refractivity contribution in [2.75, 3.05) is 5.32 Å². The number of phenolic OH excluding ortho intramolecular Hbond substituents is 1. The molecule has 2 N–H and O–H groups in total. The van der Waals surface area contributed by atoms with Crippen molar-refractivity contribution in [2.24, 2.45) is 0 Å². The van der Waals surface area contributed by atoms with Gasteiger partial charge >= 0.3 is 0 Å². The third kappa shape index (κ3) is 2.86. The standard InChI is InChI=1S/C13H10N2O4/c16-12-7-2-1-6-11(12)13(17)14-9-4-3-5-10(8-9)15(18)19/h1-8,16H,(H,14,17). The van der Waals surface area contributed by atoms with Gasteiger partial charge in [-0.05, 0) is 18.2 Å². The lowest BCUT2D eigenvalue weighted by atomic mass is 10.2. The number of nitrogens with zero attached hydrogens (tertiary/aromatic N) is 1. The summed E-state index contributed by atoms with van der Waals surface area (Å²) in [6.07, 6.45) is 0. The summed E-state index contributed by atoms with van der Waals surface area (Å²) in [7, 11) is 0. The van der Waals surface area contributed by atoms with Crippen molar-refractivity contribution in [1.82, 2.24) is 0 Å². The Kier molecular flexibility index (Phi) is 3.42. The zero-order chi connectivity index (χ0) is 13.8. The molecule has 0 unspecified atom stereocenters. The average Bonchev–Trinajstić information content (AvgIpc) is 2.39. The third-order valence-corrected chi connectivity index (χ3v) is 2.46. The van der Waals surface area contributed by atoms with E-state index >= 15 is 0 Å². The third-order valence-electron chi connectivity index (χ3n) is 2.46. The first-order valence-electron chi connectivity index (χ1n) is 5.42. The van der Waals surface area contributed by atoms with Crippen molar-refractivity contribution in [1.29, 1.82) is 0 Å². The van der Waals surface area contributed by atoms with E-state index in [1.165, 1.54) is 36.4 Å². The number of hydrogen-bond donors (Lipinski definition) is 2. The number of para-hydroxylation sites is 1. The van der Waals surface area contributed by atoms with E-state index in [0.29, 0.717) is 5.69 Å². The SMILES string of the molecule is O=C(Nc1cccc([N+](=O)[O-])c1)c1ccccc1O. The zero-order valence-corrected chi connectivity index (χ0v) is 9.74. The summed E-state index contributed by atoms with van der Waals surface area (Å²) in [5.74, 6) is -0.677. The van der Waals surface area contributed by atoms with Crippen LogP contribution in [0.4, 0.5) is 11.4 Å². The first kappa shape index (κ1) is 12.6. The van der Waals surface area contributed by atoms with Crippen molar-refractivity contribution >= 4 is 17.3 Å². The van der Waals surface area contributed by atoms with Gasteiger partial charge in [0.1, 0.15) is 5.75 Å². The molecule has 2 aromatic carbocycles. The van der Waals surface area contributed by atoms with Crippen LogP contribution in [0.25, 0.3) is 0 Å². The summed E-state index contributed by atoms with van der Waals surface area (Å²) in [6.45, 7) is 0. The minimum atomic E-state index is -0.546. The quantitative estimate of drug-likeness (QED) is 0.653. The number of benzene rings is 2. The molecular formula is C13H10N2O4. The maximum Gasteiger partial charge on any atom is 0.271 e. The Bertz CT molecular complexity index is 640. The largest absolute Gasteiger partial charge is 0.507 e. The average molecular weight is 258 g/mol. The predicted molar refractivity (Wildman–Crippen MR) is 69.2 cm³/mol. The molecule has 0 saturated carbocycles. The Morgan fingerprint density at radius 1 is 1.16 bits per heavy atom. The fraction of sp³-hybridized carbons (Fsp3) is 0. The van der Waals surface area contributed by atoms with Crippen molar-refractivity contribution < 1.29 is 14.8 Å². The number of nitrogens with one attached hydrogen (secondary N) is 1. The number of carbonyl (C=O) groups excluding carboxylic acids is 1. The monoisotopic (exact) mass is 258 g/mol. The lowest BCUT2D eigenvalue weighted by molar-refractivity contribution is -0.384. The number of nitro benzene ring substituents is 1. The number of aromatic hydroxyl groups is 1. The fourth-order valence-corrected chi connectivity index (χ4v) is 1.56. The zero-order valence-electron chi connectivity index (χ0n) is 9.74. The van der Waals surface area contributed by atoms with Gasteiger partial charge in [0.25, 0.3) is 11.6 Å². The lowest BCUT2D eigenvalue weighted by Gasteiger charge is -2.06. The number of non-ortho nitro benzene ring substituents is 1. The van der Waals surface area contributed by atoms with E-state index in [1.54, 1.807) is 12.1 Å². The summed E-state index contributed by atoms with van der Waals surface area (Å²) < 4.78 is 0. The van der Waals surface area contributed by atoms with Gasteiger partial charge in [0.2, 0.25) is 0 Å². The molecule has 2 rings (SSSR count). The van der Waals surface area contributed by atoms with E-state index in [1.807, 2.05) is 0 Å². The van der Waals surface area contributed by atoms with Crippen LogP contribution < -0.4 is 5.32 Å². The molecule has 0 aliphatic rings. The predicted octanol–water partition coefficient (Wildman–Crippen LogP) is 2.55. The molecule has 0 aromatic heterocycles. The molecule has 1 amide bonds. The molecule has 19 heavy (non-hydrogen) atoms. The van der Waals surface area contributed by atoms with Gasteiger partial charge in [-0.3, -0.25) is 14.9 Å². The highest BCUT2D eigenvalue weighted by Crippen LogP contribution is 2.20. The molecular weight excluding hydrogens is 248 g/mol. The van der Waals surface area contributed by atoms with Gasteiger partial charge in [-0.1, -0.05) is 18.2 Å². The molecule has 6 nitrogen and oxygen atoms in total. The number of rotatable bonds is 3. The van der Waals surface area contributed by atoms with Crippen LogP contribution in [-0.2, 0) is 0 Å².